The van der Waals surface area contributed by atoms with Crippen molar-refractivity contribution in [1.82, 2.24) is 5.32 Å². The van der Waals surface area contributed by atoms with Crippen LogP contribution in [0.3, 0.4) is 0 Å². The molecule has 0 aliphatic heterocycles. The van der Waals surface area contributed by atoms with Gasteiger partial charge in [0.05, 0.1) is 11.6 Å². The number of methoxy groups -OCH3 is 1. The molecule has 0 aromatic heterocycles. The molecule has 0 bridgehead atoms. The van der Waals surface area contributed by atoms with Crippen molar-refractivity contribution in [2.75, 3.05) is 20.3 Å². The highest BCUT2D eigenvalue weighted by molar-refractivity contribution is 9.10. The zero-order valence-corrected chi connectivity index (χ0v) is 21.1. The Morgan fingerprint density at radius 3 is 2.44 bits per heavy atom. The summed E-state index contributed by atoms with van der Waals surface area (Å²) in [5, 5.41) is 11.8. The summed E-state index contributed by atoms with van der Waals surface area (Å²) in [6, 6.07) is 22.0. The summed E-state index contributed by atoms with van der Waals surface area (Å²) in [4.78, 5) is 24.5. The van der Waals surface area contributed by atoms with Crippen LogP contribution in [0.1, 0.15) is 5.56 Å². The Morgan fingerprint density at radius 2 is 1.78 bits per heavy atom. The lowest BCUT2D eigenvalue weighted by atomic mass is 10.1. The van der Waals surface area contributed by atoms with E-state index in [-0.39, 0.29) is 30.2 Å². The predicted molar refractivity (Wildman–Crippen MR) is 140 cm³/mol. The first kappa shape index (κ1) is 26.3. The monoisotopic (exact) mass is 546 g/mol. The molecule has 1 amide bonds. The van der Waals surface area contributed by atoms with E-state index in [0.717, 1.165) is 11.1 Å². The molecular formula is C28H23BrN2O5. The van der Waals surface area contributed by atoms with Crippen LogP contribution in [0.5, 0.6) is 17.2 Å². The van der Waals surface area contributed by atoms with Crippen LogP contribution in [0.25, 0.3) is 17.2 Å². The molecule has 0 heterocycles. The lowest BCUT2D eigenvalue weighted by Crippen LogP contribution is -2.24. The molecule has 3 rings (SSSR count). The summed E-state index contributed by atoms with van der Waals surface area (Å²) in [5.41, 5.74) is 2.51. The van der Waals surface area contributed by atoms with E-state index in [1.807, 2.05) is 48.5 Å². The zero-order valence-electron chi connectivity index (χ0n) is 19.5. The van der Waals surface area contributed by atoms with E-state index >= 15 is 0 Å². The number of amides is 1. The minimum Gasteiger partial charge on any atom is -0.493 e. The van der Waals surface area contributed by atoms with E-state index < -0.39 is 11.9 Å². The zero-order chi connectivity index (χ0) is 25.9. The molecule has 0 radical (unpaired) electrons. The fourth-order valence-corrected chi connectivity index (χ4v) is 3.64. The number of nitriles is 1. The second-order valence-corrected chi connectivity index (χ2v) is 8.21. The number of hydrogen-bond acceptors (Lipinski definition) is 6. The smallest absolute Gasteiger partial charge is 0.349 e. The van der Waals surface area contributed by atoms with Gasteiger partial charge in [0.2, 0.25) is 0 Å². The number of esters is 1. The van der Waals surface area contributed by atoms with Crippen molar-refractivity contribution in [2.45, 2.75) is 0 Å². The maximum absolute atomic E-state index is 12.4. The van der Waals surface area contributed by atoms with Gasteiger partial charge in [-0.15, -0.1) is 6.58 Å². The van der Waals surface area contributed by atoms with Crippen LogP contribution in [0.2, 0.25) is 0 Å². The lowest BCUT2D eigenvalue weighted by Gasteiger charge is -2.12. The number of nitrogens with one attached hydrogen (secondary N) is 1. The maximum Gasteiger partial charge on any atom is 0.349 e. The first-order chi connectivity index (χ1) is 17.4. The molecular weight excluding hydrogens is 524 g/mol. The van der Waals surface area contributed by atoms with Crippen LogP contribution < -0.4 is 19.5 Å². The van der Waals surface area contributed by atoms with Gasteiger partial charge in [-0.1, -0.05) is 48.5 Å². The SMILES string of the molecule is C=CCNC(=O)C(C#N)=Cc1ccc(OC(=O)COc2ccc(-c3ccccc3)cc2Br)c(OC)c1. The van der Waals surface area contributed by atoms with Gasteiger partial charge in [0.15, 0.2) is 18.1 Å². The topological polar surface area (TPSA) is 97.7 Å². The van der Waals surface area contributed by atoms with E-state index in [1.165, 1.54) is 25.3 Å². The summed E-state index contributed by atoms with van der Waals surface area (Å²) in [5.74, 6) is -0.215. The van der Waals surface area contributed by atoms with Gasteiger partial charge in [-0.2, -0.15) is 5.26 Å². The first-order valence-corrected chi connectivity index (χ1v) is 11.6. The molecule has 8 heteroatoms. The molecule has 0 atom stereocenters. The van der Waals surface area contributed by atoms with Gasteiger partial charge in [-0.05, 0) is 63.0 Å². The summed E-state index contributed by atoms with van der Waals surface area (Å²) >= 11 is 3.48. The van der Waals surface area contributed by atoms with Gasteiger partial charge >= 0.3 is 5.97 Å². The molecule has 0 saturated carbocycles. The molecule has 0 aliphatic rings. The number of carbonyl (C=O) groups is 2. The predicted octanol–water partition coefficient (Wildman–Crippen LogP) is 5.32. The molecule has 182 valence electrons. The largest absolute Gasteiger partial charge is 0.493 e. The van der Waals surface area contributed by atoms with Gasteiger partial charge in [0.25, 0.3) is 5.91 Å². The standard InChI is InChI=1S/C28H23BrN2O5/c1-3-13-31-28(33)22(17-30)14-19-9-11-25(26(15-19)34-2)36-27(32)18-35-24-12-10-21(16-23(24)29)20-7-5-4-6-8-20/h3-12,14-16H,1,13,18H2,2H3,(H,31,33). The molecule has 0 fully saturated rings. The maximum atomic E-state index is 12.4. The number of ether oxygens (including phenoxy) is 3. The number of hydrogen-bond donors (Lipinski definition) is 1. The van der Waals surface area contributed by atoms with Gasteiger partial charge < -0.3 is 19.5 Å². The third-order valence-corrected chi connectivity index (χ3v) is 5.50. The van der Waals surface area contributed by atoms with Crippen LogP contribution in [0, 0.1) is 11.3 Å². The van der Waals surface area contributed by atoms with Gasteiger partial charge in [0, 0.05) is 6.54 Å². The summed E-state index contributed by atoms with van der Waals surface area (Å²) in [6.07, 6.45) is 2.92. The van der Waals surface area contributed by atoms with E-state index in [4.69, 9.17) is 14.2 Å². The third kappa shape index (κ3) is 7.08. The van der Waals surface area contributed by atoms with Crippen LogP contribution in [0.4, 0.5) is 0 Å². The Kier molecular flexibility index (Phi) is 9.43. The quantitative estimate of drug-likeness (QED) is 0.121. The highest BCUT2D eigenvalue weighted by atomic mass is 79.9. The Balaban J connectivity index is 1.65. The molecule has 1 N–H and O–H groups in total. The van der Waals surface area contributed by atoms with Crippen molar-refractivity contribution in [3.05, 3.63) is 95.0 Å². The van der Waals surface area contributed by atoms with Crippen LogP contribution in [-0.2, 0) is 9.59 Å². The Bertz CT molecular complexity index is 1330. The van der Waals surface area contributed by atoms with Crippen molar-refractivity contribution < 1.29 is 23.8 Å². The number of carbonyl (C=O) groups excluding carboxylic acids is 2. The summed E-state index contributed by atoms with van der Waals surface area (Å²) in [7, 11) is 1.42. The summed E-state index contributed by atoms with van der Waals surface area (Å²) < 4.78 is 17.0. The average Bonchev–Trinajstić information content (AvgIpc) is 2.90. The number of rotatable bonds is 10. The van der Waals surface area contributed by atoms with Crippen LogP contribution >= 0.6 is 15.9 Å². The molecule has 36 heavy (non-hydrogen) atoms. The second kappa shape index (κ2) is 12.9. The Morgan fingerprint density at radius 1 is 1.03 bits per heavy atom. The third-order valence-electron chi connectivity index (χ3n) is 4.88. The van der Waals surface area contributed by atoms with Crippen LogP contribution in [0.15, 0.2) is 89.4 Å². The van der Waals surface area contributed by atoms with Crippen molar-refractivity contribution in [3.8, 4) is 34.4 Å². The van der Waals surface area contributed by atoms with E-state index in [0.29, 0.717) is 15.8 Å². The Hall–Kier alpha value is -4.35. The lowest BCUT2D eigenvalue weighted by molar-refractivity contribution is -0.136. The van der Waals surface area contributed by atoms with E-state index in [2.05, 4.69) is 27.8 Å². The van der Waals surface area contributed by atoms with Crippen LogP contribution in [-0.4, -0.2) is 32.1 Å². The van der Waals surface area contributed by atoms with Gasteiger partial charge in [-0.3, -0.25) is 4.79 Å². The molecule has 0 spiro atoms. The number of benzene rings is 3. The van der Waals surface area contributed by atoms with E-state index in [9.17, 15) is 14.9 Å². The molecule has 3 aromatic rings. The van der Waals surface area contributed by atoms with Gasteiger partial charge in [0.1, 0.15) is 17.4 Å². The number of nitrogens with zero attached hydrogens (tertiary/aromatic N) is 1. The highest BCUT2D eigenvalue weighted by Crippen LogP contribution is 2.32. The van der Waals surface area contributed by atoms with Crippen molar-refractivity contribution in [2.24, 2.45) is 0 Å². The normalized spacial score (nSPS) is 10.6. The van der Waals surface area contributed by atoms with E-state index in [1.54, 1.807) is 18.2 Å². The minimum atomic E-state index is -0.628. The highest BCUT2D eigenvalue weighted by Gasteiger charge is 2.14. The van der Waals surface area contributed by atoms with Gasteiger partial charge in [-0.25, -0.2) is 4.79 Å². The minimum absolute atomic E-state index is 0.0825. The second-order valence-electron chi connectivity index (χ2n) is 7.35. The molecule has 7 nitrogen and oxygen atoms in total. The molecule has 0 aliphatic carbocycles. The van der Waals surface area contributed by atoms with Crippen molar-refractivity contribution >= 4 is 33.9 Å². The molecule has 0 unspecified atom stereocenters. The molecule has 3 aromatic carbocycles. The first-order valence-electron chi connectivity index (χ1n) is 10.8. The van der Waals surface area contributed by atoms with Crippen molar-refractivity contribution in [1.29, 1.82) is 5.26 Å². The fraction of sp³-hybridized carbons (Fsp3) is 0.107. The fourth-order valence-electron chi connectivity index (χ4n) is 3.15. The number of halogens is 1. The average molecular weight is 547 g/mol. The Labute approximate surface area is 217 Å². The summed E-state index contributed by atoms with van der Waals surface area (Å²) in [6.45, 7) is 3.44. The van der Waals surface area contributed by atoms with Crippen molar-refractivity contribution in [3.63, 3.8) is 0 Å². The molecule has 0 saturated heterocycles.